The van der Waals surface area contributed by atoms with Crippen LogP contribution in [0.1, 0.15) is 38.5 Å². The molecule has 0 spiro atoms. The Morgan fingerprint density at radius 3 is 2.59 bits per heavy atom. The fourth-order valence-electron chi connectivity index (χ4n) is 3.23. The Kier molecular flexibility index (Phi) is 4.37. The summed E-state index contributed by atoms with van der Waals surface area (Å²) in [6.07, 6.45) is 2.96. The van der Waals surface area contributed by atoms with Crippen LogP contribution in [-0.2, 0) is 14.4 Å². The minimum atomic E-state index is -0.375. The van der Waals surface area contributed by atoms with Crippen LogP contribution in [0.2, 0.25) is 0 Å². The third kappa shape index (κ3) is 2.97. The summed E-state index contributed by atoms with van der Waals surface area (Å²) in [5.74, 6) is -0.197. The number of unbranched alkanes of at least 4 members (excludes halogenated alkanes) is 1. The zero-order valence-corrected chi connectivity index (χ0v) is 13.0. The Labute approximate surface area is 132 Å². The van der Waals surface area contributed by atoms with Crippen molar-refractivity contribution in [2.45, 2.75) is 55.9 Å². The average Bonchev–Trinajstić information content (AvgIpc) is 3.10. The van der Waals surface area contributed by atoms with Crippen molar-refractivity contribution in [3.05, 3.63) is 0 Å². The van der Waals surface area contributed by atoms with Gasteiger partial charge in [0.25, 0.3) is 0 Å². The molecule has 3 saturated heterocycles. The van der Waals surface area contributed by atoms with Crippen LogP contribution in [0, 0.1) is 0 Å². The van der Waals surface area contributed by atoms with Crippen molar-refractivity contribution >= 4 is 35.5 Å². The molecular formula is C14H19N3O4S. The highest BCUT2D eigenvalue weighted by Gasteiger charge is 2.42. The number of rotatable bonds is 5. The van der Waals surface area contributed by atoms with E-state index in [0.717, 1.165) is 23.5 Å². The number of likely N-dealkylation sites (tertiary alicyclic amines) is 1. The first-order valence-corrected chi connectivity index (χ1v) is 8.68. The summed E-state index contributed by atoms with van der Waals surface area (Å²) in [5.41, 5.74) is 0. The number of thioether (sulfide) groups is 1. The minimum Gasteiger partial charge on any atom is -0.332 e. The van der Waals surface area contributed by atoms with Gasteiger partial charge >= 0.3 is 6.03 Å². The molecular weight excluding hydrogens is 306 g/mol. The third-order valence-corrected chi connectivity index (χ3v) is 5.88. The van der Waals surface area contributed by atoms with E-state index in [1.807, 2.05) is 11.8 Å². The molecule has 2 N–H and O–H groups in total. The van der Waals surface area contributed by atoms with E-state index in [1.54, 1.807) is 0 Å². The minimum absolute atomic E-state index is 0.0958. The van der Waals surface area contributed by atoms with Crippen LogP contribution in [0.4, 0.5) is 4.79 Å². The Hall–Kier alpha value is -1.57. The normalized spacial score (nSPS) is 30.5. The molecule has 7 nitrogen and oxygen atoms in total. The van der Waals surface area contributed by atoms with E-state index in [-0.39, 0.29) is 55.1 Å². The molecule has 0 aliphatic carbocycles. The van der Waals surface area contributed by atoms with Gasteiger partial charge < -0.3 is 10.6 Å². The average molecular weight is 325 g/mol. The van der Waals surface area contributed by atoms with Gasteiger partial charge in [0.15, 0.2) is 0 Å². The maximum atomic E-state index is 11.9. The molecule has 3 fully saturated rings. The summed E-state index contributed by atoms with van der Waals surface area (Å²) >= 11 is 1.84. The van der Waals surface area contributed by atoms with Crippen LogP contribution in [0.5, 0.6) is 0 Å². The lowest BCUT2D eigenvalue weighted by molar-refractivity contribution is -0.149. The van der Waals surface area contributed by atoms with Crippen molar-refractivity contribution < 1.29 is 19.2 Å². The maximum absolute atomic E-state index is 11.9. The molecule has 3 atom stereocenters. The van der Waals surface area contributed by atoms with Crippen molar-refractivity contribution in [3.8, 4) is 0 Å². The smallest absolute Gasteiger partial charge is 0.315 e. The second-order valence-corrected chi connectivity index (χ2v) is 7.16. The molecule has 3 heterocycles. The van der Waals surface area contributed by atoms with Gasteiger partial charge in [-0.1, -0.05) is 6.42 Å². The monoisotopic (exact) mass is 325 g/mol. The first-order valence-electron chi connectivity index (χ1n) is 7.63. The molecule has 0 saturated carbocycles. The topological polar surface area (TPSA) is 95.6 Å². The van der Waals surface area contributed by atoms with Gasteiger partial charge in [-0.2, -0.15) is 11.8 Å². The number of nitrogens with zero attached hydrogens (tertiary/aromatic N) is 1. The van der Waals surface area contributed by atoms with E-state index < -0.39 is 0 Å². The predicted octanol–water partition coefficient (Wildman–Crippen LogP) is 0.388. The van der Waals surface area contributed by atoms with E-state index in [4.69, 9.17) is 0 Å². The summed E-state index contributed by atoms with van der Waals surface area (Å²) in [4.78, 5) is 46.9. The lowest BCUT2D eigenvalue weighted by atomic mass is 10.0. The Balaban J connectivity index is 1.39. The molecule has 8 heteroatoms. The number of nitrogens with one attached hydrogen (secondary N) is 2. The molecule has 5 amide bonds. The van der Waals surface area contributed by atoms with Gasteiger partial charge in [-0.25, -0.2) is 9.69 Å². The molecule has 0 unspecified atom stereocenters. The van der Waals surface area contributed by atoms with E-state index >= 15 is 0 Å². The van der Waals surface area contributed by atoms with E-state index in [9.17, 15) is 19.2 Å². The molecule has 3 rings (SSSR count). The second kappa shape index (κ2) is 6.28. The number of amides is 5. The zero-order chi connectivity index (χ0) is 15.7. The zero-order valence-electron chi connectivity index (χ0n) is 12.2. The Morgan fingerprint density at radius 2 is 1.86 bits per heavy atom. The molecule has 3 aliphatic heterocycles. The van der Waals surface area contributed by atoms with Gasteiger partial charge in [0.2, 0.25) is 17.7 Å². The molecule has 0 radical (unpaired) electrons. The molecule has 120 valence electrons. The van der Waals surface area contributed by atoms with Crippen molar-refractivity contribution in [2.24, 2.45) is 0 Å². The third-order valence-electron chi connectivity index (χ3n) is 4.37. The van der Waals surface area contributed by atoms with Crippen molar-refractivity contribution in [2.75, 3.05) is 5.75 Å². The highest BCUT2D eigenvalue weighted by molar-refractivity contribution is 8.00. The first-order chi connectivity index (χ1) is 10.6. The number of hydrogen-bond donors (Lipinski definition) is 2. The number of hydrogen-bond acceptors (Lipinski definition) is 5. The fraction of sp³-hybridized carbons (Fsp3) is 0.714. The molecule has 0 bridgehead atoms. The van der Waals surface area contributed by atoms with E-state index in [1.165, 1.54) is 0 Å². The molecule has 22 heavy (non-hydrogen) atoms. The lowest BCUT2D eigenvalue weighted by Gasteiger charge is -2.16. The van der Waals surface area contributed by atoms with Crippen molar-refractivity contribution in [1.82, 2.24) is 15.5 Å². The summed E-state index contributed by atoms with van der Waals surface area (Å²) in [6.45, 7) is 0. The van der Waals surface area contributed by atoms with Gasteiger partial charge in [0, 0.05) is 30.3 Å². The van der Waals surface area contributed by atoms with Crippen molar-refractivity contribution in [3.63, 3.8) is 0 Å². The van der Waals surface area contributed by atoms with Gasteiger partial charge in [0.05, 0.1) is 12.1 Å². The summed E-state index contributed by atoms with van der Waals surface area (Å²) in [6, 6.07) is 0.292. The largest absolute Gasteiger partial charge is 0.332 e. The van der Waals surface area contributed by atoms with Crippen LogP contribution < -0.4 is 10.6 Å². The quantitative estimate of drug-likeness (QED) is 0.433. The van der Waals surface area contributed by atoms with Gasteiger partial charge in [-0.3, -0.25) is 14.4 Å². The van der Waals surface area contributed by atoms with Crippen LogP contribution in [0.3, 0.4) is 0 Å². The second-order valence-electron chi connectivity index (χ2n) is 5.88. The van der Waals surface area contributed by atoms with E-state index in [2.05, 4.69) is 10.6 Å². The van der Waals surface area contributed by atoms with Gasteiger partial charge in [-0.15, -0.1) is 0 Å². The fourth-order valence-corrected chi connectivity index (χ4v) is 4.77. The number of fused-ring (bicyclic) bond motifs is 1. The van der Waals surface area contributed by atoms with Gasteiger partial charge in [-0.05, 0) is 12.8 Å². The standard InChI is InChI=1S/C14H19N3O4S/c18-10(17-11(19)5-6-12(17)20)4-2-1-3-9-13-8(7-22-9)15-14(21)16-13/h8-9,13H,1-7H2,(H2,15,16,21)/t8-,9-,13-/m0/s1. The predicted molar refractivity (Wildman–Crippen MR) is 80.1 cm³/mol. The van der Waals surface area contributed by atoms with Crippen LogP contribution in [-0.4, -0.2) is 51.7 Å². The Bertz CT molecular complexity index is 508. The summed E-state index contributed by atoms with van der Waals surface area (Å²) in [7, 11) is 0. The Morgan fingerprint density at radius 1 is 1.14 bits per heavy atom. The SMILES string of the molecule is O=C1N[C@H]2[C@H](CS[C@H]2CCCCC(=O)N2C(=O)CCC2=O)N1. The molecule has 0 aromatic carbocycles. The number of urea groups is 1. The van der Waals surface area contributed by atoms with Crippen LogP contribution >= 0.6 is 11.8 Å². The lowest BCUT2D eigenvalue weighted by Crippen LogP contribution is -2.37. The number of imide groups is 3. The van der Waals surface area contributed by atoms with Crippen LogP contribution in [0.15, 0.2) is 0 Å². The number of carbonyl (C=O) groups excluding carboxylic acids is 4. The van der Waals surface area contributed by atoms with E-state index in [0.29, 0.717) is 11.7 Å². The summed E-state index contributed by atoms with van der Waals surface area (Å²) in [5, 5.41) is 6.20. The summed E-state index contributed by atoms with van der Waals surface area (Å²) < 4.78 is 0. The first kappa shape index (κ1) is 15.3. The van der Waals surface area contributed by atoms with Gasteiger partial charge in [0.1, 0.15) is 0 Å². The molecule has 0 aromatic heterocycles. The number of carbonyl (C=O) groups is 4. The highest BCUT2D eigenvalue weighted by atomic mass is 32.2. The van der Waals surface area contributed by atoms with Crippen LogP contribution in [0.25, 0.3) is 0 Å². The highest BCUT2D eigenvalue weighted by Crippen LogP contribution is 2.33. The van der Waals surface area contributed by atoms with Crippen molar-refractivity contribution in [1.29, 1.82) is 0 Å². The molecule has 3 aliphatic rings. The maximum Gasteiger partial charge on any atom is 0.315 e. The molecule has 0 aromatic rings.